The first-order valence-electron chi connectivity index (χ1n) is 5.55. The summed E-state index contributed by atoms with van der Waals surface area (Å²) < 4.78 is 0. The Hall–Kier alpha value is -1.36. The Kier molecular flexibility index (Phi) is 3.78. The van der Waals surface area contributed by atoms with Crippen LogP contribution < -0.4 is 5.32 Å². The summed E-state index contributed by atoms with van der Waals surface area (Å²) in [6.45, 7) is 0.645. The van der Waals surface area contributed by atoms with Crippen LogP contribution >= 0.6 is 11.8 Å². The standard InChI is InChI=1S/C12H15NO3S/c14-9-1-2-10(11(15)5-9)12(16)13-6-8-3-4-17-7-8/h1-2,5,8,14-15H,3-4,6-7H2,(H,13,16). The number of nitrogens with one attached hydrogen (secondary N) is 1. The van der Waals surface area contributed by atoms with Crippen LogP contribution in [0.15, 0.2) is 18.2 Å². The number of carbonyl (C=O) groups excluding carboxylic acids is 1. The van der Waals surface area contributed by atoms with E-state index in [1.54, 1.807) is 0 Å². The van der Waals surface area contributed by atoms with Gasteiger partial charge in [0.05, 0.1) is 5.56 Å². The van der Waals surface area contributed by atoms with Crippen LogP contribution in [0.4, 0.5) is 0 Å². The van der Waals surface area contributed by atoms with Crippen LogP contribution in [0.5, 0.6) is 11.5 Å². The second kappa shape index (κ2) is 5.31. The predicted molar refractivity (Wildman–Crippen MR) is 67.5 cm³/mol. The molecule has 1 saturated heterocycles. The van der Waals surface area contributed by atoms with Crippen LogP contribution in [0.1, 0.15) is 16.8 Å². The van der Waals surface area contributed by atoms with Gasteiger partial charge in [0.25, 0.3) is 5.91 Å². The zero-order valence-electron chi connectivity index (χ0n) is 9.35. The second-order valence-electron chi connectivity index (χ2n) is 4.14. The summed E-state index contributed by atoms with van der Waals surface area (Å²) in [5.41, 5.74) is 0.202. The molecule has 3 N–H and O–H groups in total. The third-order valence-electron chi connectivity index (χ3n) is 2.80. The fourth-order valence-electron chi connectivity index (χ4n) is 1.79. The maximum Gasteiger partial charge on any atom is 0.255 e. The quantitative estimate of drug-likeness (QED) is 0.765. The number of amides is 1. The topological polar surface area (TPSA) is 69.6 Å². The van der Waals surface area contributed by atoms with Crippen LogP contribution in [-0.2, 0) is 0 Å². The van der Waals surface area contributed by atoms with E-state index < -0.39 is 0 Å². The molecule has 1 aromatic carbocycles. The lowest BCUT2D eigenvalue weighted by atomic mass is 10.1. The summed E-state index contributed by atoms with van der Waals surface area (Å²) in [5.74, 6) is 2.24. The first kappa shape index (κ1) is 12.1. The molecule has 0 aliphatic carbocycles. The van der Waals surface area contributed by atoms with E-state index in [9.17, 15) is 9.90 Å². The molecule has 0 radical (unpaired) electrons. The van der Waals surface area contributed by atoms with Crippen molar-refractivity contribution in [3.63, 3.8) is 0 Å². The average Bonchev–Trinajstić information content (AvgIpc) is 2.78. The molecule has 4 nitrogen and oxygen atoms in total. The smallest absolute Gasteiger partial charge is 0.255 e. The van der Waals surface area contributed by atoms with E-state index in [0.29, 0.717) is 12.5 Å². The maximum absolute atomic E-state index is 11.8. The van der Waals surface area contributed by atoms with E-state index in [1.807, 2.05) is 11.8 Å². The van der Waals surface area contributed by atoms with Crippen molar-refractivity contribution in [3.05, 3.63) is 23.8 Å². The highest BCUT2D eigenvalue weighted by Gasteiger charge is 2.17. The molecule has 1 amide bonds. The average molecular weight is 253 g/mol. The summed E-state index contributed by atoms with van der Waals surface area (Å²) in [6, 6.07) is 3.98. The highest BCUT2D eigenvalue weighted by Crippen LogP contribution is 2.24. The highest BCUT2D eigenvalue weighted by atomic mass is 32.2. The Balaban J connectivity index is 1.94. The number of carbonyl (C=O) groups is 1. The predicted octanol–water partition coefficient (Wildman–Crippen LogP) is 1.58. The fraction of sp³-hybridized carbons (Fsp3) is 0.417. The van der Waals surface area contributed by atoms with Gasteiger partial charge in [-0.25, -0.2) is 0 Å². The van der Waals surface area contributed by atoms with Crippen LogP contribution in [0.3, 0.4) is 0 Å². The van der Waals surface area contributed by atoms with Gasteiger partial charge in [-0.3, -0.25) is 4.79 Å². The van der Waals surface area contributed by atoms with Crippen LogP contribution in [0.2, 0.25) is 0 Å². The number of phenolic OH excluding ortho intramolecular Hbond substituents is 2. The minimum Gasteiger partial charge on any atom is -0.508 e. The van der Waals surface area contributed by atoms with Crippen molar-refractivity contribution in [2.24, 2.45) is 5.92 Å². The lowest BCUT2D eigenvalue weighted by Gasteiger charge is -2.10. The summed E-state index contributed by atoms with van der Waals surface area (Å²) in [7, 11) is 0. The number of phenols is 2. The summed E-state index contributed by atoms with van der Waals surface area (Å²) in [6.07, 6.45) is 1.13. The van der Waals surface area contributed by atoms with Crippen molar-refractivity contribution in [3.8, 4) is 11.5 Å². The van der Waals surface area contributed by atoms with E-state index in [1.165, 1.54) is 18.2 Å². The van der Waals surface area contributed by atoms with E-state index in [-0.39, 0.29) is 23.0 Å². The van der Waals surface area contributed by atoms with Crippen molar-refractivity contribution >= 4 is 17.7 Å². The van der Waals surface area contributed by atoms with Gasteiger partial charge in [0, 0.05) is 12.6 Å². The van der Waals surface area contributed by atoms with Crippen molar-refractivity contribution in [1.82, 2.24) is 5.32 Å². The molecule has 1 aliphatic rings. The molecule has 0 bridgehead atoms. The number of benzene rings is 1. The number of rotatable bonds is 3. The Morgan fingerprint density at radius 1 is 1.47 bits per heavy atom. The zero-order chi connectivity index (χ0) is 12.3. The molecule has 0 spiro atoms. The van der Waals surface area contributed by atoms with Gasteiger partial charge < -0.3 is 15.5 Å². The van der Waals surface area contributed by atoms with Gasteiger partial charge in [0.2, 0.25) is 0 Å². The lowest BCUT2D eigenvalue weighted by Crippen LogP contribution is -2.29. The van der Waals surface area contributed by atoms with Gasteiger partial charge in [-0.1, -0.05) is 0 Å². The van der Waals surface area contributed by atoms with Gasteiger partial charge in [0.15, 0.2) is 0 Å². The van der Waals surface area contributed by atoms with Crippen molar-refractivity contribution < 1.29 is 15.0 Å². The van der Waals surface area contributed by atoms with Gasteiger partial charge >= 0.3 is 0 Å². The summed E-state index contributed by atoms with van der Waals surface area (Å²) >= 11 is 1.90. The Morgan fingerprint density at radius 2 is 2.29 bits per heavy atom. The van der Waals surface area contributed by atoms with Gasteiger partial charge in [-0.2, -0.15) is 11.8 Å². The SMILES string of the molecule is O=C(NCC1CCSC1)c1ccc(O)cc1O. The molecule has 1 unspecified atom stereocenters. The van der Waals surface area contributed by atoms with Crippen molar-refractivity contribution in [1.29, 1.82) is 0 Å². The van der Waals surface area contributed by atoms with Crippen molar-refractivity contribution in [2.45, 2.75) is 6.42 Å². The van der Waals surface area contributed by atoms with E-state index in [4.69, 9.17) is 5.11 Å². The molecular weight excluding hydrogens is 238 g/mol. The minimum absolute atomic E-state index is 0.0498. The van der Waals surface area contributed by atoms with Gasteiger partial charge in [0.1, 0.15) is 11.5 Å². The van der Waals surface area contributed by atoms with Gasteiger partial charge in [-0.05, 0) is 36.0 Å². The lowest BCUT2D eigenvalue weighted by molar-refractivity contribution is 0.0946. The molecule has 1 aromatic rings. The molecule has 1 atom stereocenters. The molecule has 2 rings (SSSR count). The first-order valence-corrected chi connectivity index (χ1v) is 6.70. The normalized spacial score (nSPS) is 19.2. The highest BCUT2D eigenvalue weighted by molar-refractivity contribution is 7.99. The zero-order valence-corrected chi connectivity index (χ0v) is 10.2. The summed E-state index contributed by atoms with van der Waals surface area (Å²) in [4.78, 5) is 11.8. The molecule has 5 heteroatoms. The molecule has 17 heavy (non-hydrogen) atoms. The van der Waals surface area contributed by atoms with E-state index in [2.05, 4.69) is 5.32 Å². The molecule has 0 saturated carbocycles. The Morgan fingerprint density at radius 3 is 2.94 bits per heavy atom. The minimum atomic E-state index is -0.292. The fourth-order valence-corrected chi connectivity index (χ4v) is 3.07. The molecule has 92 valence electrons. The number of aromatic hydroxyl groups is 2. The second-order valence-corrected chi connectivity index (χ2v) is 5.29. The molecular formula is C12H15NO3S. The van der Waals surface area contributed by atoms with Crippen molar-refractivity contribution in [2.75, 3.05) is 18.1 Å². The summed E-state index contributed by atoms with van der Waals surface area (Å²) in [5, 5.41) is 21.5. The monoisotopic (exact) mass is 253 g/mol. The number of thioether (sulfide) groups is 1. The van der Waals surface area contributed by atoms with E-state index >= 15 is 0 Å². The largest absolute Gasteiger partial charge is 0.508 e. The van der Waals surface area contributed by atoms with Crippen LogP contribution in [-0.4, -0.2) is 34.2 Å². The number of hydrogen-bond donors (Lipinski definition) is 3. The molecule has 0 aromatic heterocycles. The van der Waals surface area contributed by atoms with Crippen LogP contribution in [0, 0.1) is 5.92 Å². The van der Waals surface area contributed by atoms with Gasteiger partial charge in [-0.15, -0.1) is 0 Å². The number of hydrogen-bond acceptors (Lipinski definition) is 4. The first-order chi connectivity index (χ1) is 8.16. The third kappa shape index (κ3) is 3.06. The van der Waals surface area contributed by atoms with Crippen LogP contribution in [0.25, 0.3) is 0 Å². The molecule has 1 fully saturated rings. The molecule has 1 heterocycles. The Labute approximate surface area is 104 Å². The Bertz CT molecular complexity index is 416. The van der Waals surface area contributed by atoms with E-state index in [0.717, 1.165) is 17.9 Å². The third-order valence-corrected chi connectivity index (χ3v) is 4.03. The molecule has 1 aliphatic heterocycles. The maximum atomic E-state index is 11.8.